The van der Waals surface area contributed by atoms with Crippen molar-refractivity contribution in [1.29, 1.82) is 0 Å². The summed E-state index contributed by atoms with van der Waals surface area (Å²) >= 11 is 10.7. The predicted molar refractivity (Wildman–Crippen MR) is 132 cm³/mol. The molecular formula is C23H26N4S2. The molecule has 0 aromatic heterocycles. The van der Waals surface area contributed by atoms with Gasteiger partial charge in [-0.2, -0.15) is 0 Å². The van der Waals surface area contributed by atoms with Gasteiger partial charge in [-0.25, -0.2) is 0 Å². The lowest BCUT2D eigenvalue weighted by Crippen LogP contribution is -2.33. The molecule has 2 aromatic rings. The highest BCUT2D eigenvalue weighted by Gasteiger charge is 2.01. The van der Waals surface area contributed by atoms with Gasteiger partial charge >= 0.3 is 0 Å². The van der Waals surface area contributed by atoms with Gasteiger partial charge in [-0.15, -0.1) is 0 Å². The zero-order valence-electron chi connectivity index (χ0n) is 16.4. The normalized spacial score (nSPS) is 11.0. The number of allylic oxidation sites excluding steroid dienone is 4. The fourth-order valence-electron chi connectivity index (χ4n) is 2.45. The first-order valence-electron chi connectivity index (χ1n) is 9.28. The molecule has 0 amide bonds. The molecule has 2 aromatic carbocycles. The largest absolute Gasteiger partial charge is 0.358 e. The van der Waals surface area contributed by atoms with Crippen molar-refractivity contribution in [1.82, 2.24) is 16.0 Å². The molecule has 0 unspecified atom stereocenters. The van der Waals surface area contributed by atoms with Crippen LogP contribution in [0.2, 0.25) is 0 Å². The number of benzene rings is 2. The Hall–Kier alpha value is -2.96. The summed E-state index contributed by atoms with van der Waals surface area (Å²) in [5.41, 5.74) is 4.08. The van der Waals surface area contributed by atoms with Crippen LogP contribution in [0.5, 0.6) is 0 Å². The molecule has 0 spiro atoms. The highest BCUT2D eigenvalue weighted by molar-refractivity contribution is 7.80. The van der Waals surface area contributed by atoms with E-state index in [1.54, 1.807) is 6.08 Å². The maximum atomic E-state index is 5.36. The summed E-state index contributed by atoms with van der Waals surface area (Å²) in [5.74, 6) is 0. The Morgan fingerprint density at radius 2 is 1.59 bits per heavy atom. The maximum absolute atomic E-state index is 5.36. The first-order valence-corrected chi connectivity index (χ1v) is 10.1. The number of hydrogen-bond acceptors (Lipinski definition) is 2. The minimum absolute atomic E-state index is 0.553. The third-order valence-electron chi connectivity index (χ3n) is 3.88. The molecule has 4 nitrogen and oxygen atoms in total. The molecule has 150 valence electrons. The van der Waals surface area contributed by atoms with Crippen LogP contribution in [0.15, 0.2) is 91.2 Å². The van der Waals surface area contributed by atoms with Crippen LogP contribution in [-0.4, -0.2) is 10.2 Å². The molecule has 29 heavy (non-hydrogen) atoms. The average Bonchev–Trinajstić information content (AvgIpc) is 2.74. The van der Waals surface area contributed by atoms with Crippen molar-refractivity contribution in [2.45, 2.75) is 20.0 Å². The van der Waals surface area contributed by atoms with Gasteiger partial charge in [0.15, 0.2) is 10.2 Å². The van der Waals surface area contributed by atoms with Crippen molar-refractivity contribution in [3.63, 3.8) is 0 Å². The summed E-state index contributed by atoms with van der Waals surface area (Å²) in [7, 11) is 0. The predicted octanol–water partition coefficient (Wildman–Crippen LogP) is 4.78. The highest BCUT2D eigenvalue weighted by Crippen LogP contribution is 2.07. The molecule has 2 rings (SSSR count). The van der Waals surface area contributed by atoms with E-state index in [9.17, 15) is 0 Å². The molecule has 0 atom stereocenters. The number of rotatable bonds is 8. The number of anilines is 1. The average molecular weight is 423 g/mol. The molecule has 0 fully saturated rings. The molecule has 0 saturated carbocycles. The Balaban J connectivity index is 1.82. The summed E-state index contributed by atoms with van der Waals surface area (Å²) in [5, 5.41) is 13.9. The fraction of sp³-hybridized carbons (Fsp3) is 0.130. The monoisotopic (exact) mass is 422 g/mol. The Labute approximate surface area is 183 Å². The maximum Gasteiger partial charge on any atom is 0.171 e. The van der Waals surface area contributed by atoms with E-state index in [4.69, 9.17) is 24.4 Å². The first kappa shape index (κ1) is 22.3. The molecule has 0 saturated heterocycles. The fourth-order valence-corrected chi connectivity index (χ4v) is 2.83. The van der Waals surface area contributed by atoms with E-state index in [0.717, 1.165) is 22.5 Å². The number of nitrogens with one attached hydrogen (secondary N) is 4. The third-order valence-corrected chi connectivity index (χ3v) is 4.37. The van der Waals surface area contributed by atoms with Crippen LogP contribution in [0.4, 0.5) is 5.69 Å². The van der Waals surface area contributed by atoms with Gasteiger partial charge in [0, 0.05) is 24.5 Å². The minimum atomic E-state index is 0.553. The zero-order valence-corrected chi connectivity index (χ0v) is 18.1. The van der Waals surface area contributed by atoms with Crippen LogP contribution in [0.1, 0.15) is 18.1 Å². The Kier molecular flexibility index (Phi) is 9.62. The zero-order chi connectivity index (χ0) is 20.9. The lowest BCUT2D eigenvalue weighted by Gasteiger charge is -2.13. The van der Waals surface area contributed by atoms with Crippen LogP contribution in [0.3, 0.4) is 0 Å². The SMILES string of the molecule is C=C/C(=C\C=C/C)NC(=S)NCc1cccc(CNC(=S)Nc2ccccc2)c1. The quantitative estimate of drug-likeness (QED) is 0.363. The highest BCUT2D eigenvalue weighted by atomic mass is 32.1. The lowest BCUT2D eigenvalue weighted by molar-refractivity contribution is 0.879. The van der Waals surface area contributed by atoms with Gasteiger partial charge in [0.2, 0.25) is 0 Å². The van der Waals surface area contributed by atoms with E-state index in [1.807, 2.05) is 61.5 Å². The van der Waals surface area contributed by atoms with Crippen molar-refractivity contribution >= 4 is 40.3 Å². The van der Waals surface area contributed by atoms with Crippen molar-refractivity contribution in [3.05, 3.63) is 102 Å². The second-order valence-electron chi connectivity index (χ2n) is 6.15. The van der Waals surface area contributed by atoms with Crippen molar-refractivity contribution in [3.8, 4) is 0 Å². The molecular weight excluding hydrogens is 396 g/mol. The summed E-state index contributed by atoms with van der Waals surface area (Å²) < 4.78 is 0. The summed E-state index contributed by atoms with van der Waals surface area (Å²) in [6.07, 6.45) is 7.52. The van der Waals surface area contributed by atoms with Crippen LogP contribution in [0.25, 0.3) is 0 Å². The molecule has 0 heterocycles. The van der Waals surface area contributed by atoms with Crippen LogP contribution in [-0.2, 0) is 13.1 Å². The van der Waals surface area contributed by atoms with Crippen LogP contribution in [0, 0.1) is 0 Å². The summed E-state index contributed by atoms with van der Waals surface area (Å²) in [4.78, 5) is 0. The molecule has 0 bridgehead atoms. The van der Waals surface area contributed by atoms with Crippen molar-refractivity contribution in [2.75, 3.05) is 5.32 Å². The Bertz CT molecular complexity index is 889. The Morgan fingerprint density at radius 1 is 0.931 bits per heavy atom. The lowest BCUT2D eigenvalue weighted by atomic mass is 10.1. The van der Waals surface area contributed by atoms with Gasteiger partial charge in [0.1, 0.15) is 0 Å². The summed E-state index contributed by atoms with van der Waals surface area (Å²) in [6, 6.07) is 18.1. The van der Waals surface area contributed by atoms with Crippen LogP contribution >= 0.6 is 24.4 Å². The van der Waals surface area contributed by atoms with E-state index in [-0.39, 0.29) is 0 Å². The number of para-hydroxylation sites is 1. The molecule has 4 N–H and O–H groups in total. The third kappa shape index (κ3) is 8.72. The van der Waals surface area contributed by atoms with Crippen molar-refractivity contribution in [2.24, 2.45) is 0 Å². The van der Waals surface area contributed by atoms with Crippen LogP contribution < -0.4 is 21.3 Å². The molecule has 0 aliphatic rings. The second kappa shape index (κ2) is 12.5. The van der Waals surface area contributed by atoms with E-state index < -0.39 is 0 Å². The van der Waals surface area contributed by atoms with Gasteiger partial charge < -0.3 is 21.3 Å². The van der Waals surface area contributed by atoms with Gasteiger partial charge in [-0.1, -0.05) is 61.2 Å². The Morgan fingerprint density at radius 3 is 2.21 bits per heavy atom. The number of hydrogen-bond donors (Lipinski definition) is 4. The van der Waals surface area contributed by atoms with E-state index in [0.29, 0.717) is 23.3 Å². The van der Waals surface area contributed by atoms with Gasteiger partial charge in [0.05, 0.1) is 0 Å². The first-order chi connectivity index (χ1) is 14.1. The van der Waals surface area contributed by atoms with Gasteiger partial charge in [-0.05, 0) is 66.8 Å². The molecule has 6 heteroatoms. The minimum Gasteiger partial charge on any atom is -0.358 e. The van der Waals surface area contributed by atoms with E-state index >= 15 is 0 Å². The standard InChI is InChI=1S/C23H26N4S2/c1-3-5-12-20(4-2)26-22(28)24-16-18-10-9-11-19(15-18)17-25-23(29)27-21-13-7-6-8-14-21/h3-15H,2,16-17H2,1H3,(H2,24,26,28)(H2,25,27,29)/b5-3-,20-12+. The van der Waals surface area contributed by atoms with Crippen molar-refractivity contribution < 1.29 is 0 Å². The van der Waals surface area contributed by atoms with Gasteiger partial charge in [0.25, 0.3) is 0 Å². The molecule has 0 radical (unpaired) electrons. The summed E-state index contributed by atoms with van der Waals surface area (Å²) in [6.45, 7) is 7.01. The van der Waals surface area contributed by atoms with E-state index in [1.165, 1.54) is 0 Å². The molecule has 0 aliphatic carbocycles. The smallest absolute Gasteiger partial charge is 0.171 e. The van der Waals surface area contributed by atoms with E-state index in [2.05, 4.69) is 46.0 Å². The van der Waals surface area contributed by atoms with Gasteiger partial charge in [-0.3, -0.25) is 0 Å². The second-order valence-corrected chi connectivity index (χ2v) is 6.97. The molecule has 0 aliphatic heterocycles. The topological polar surface area (TPSA) is 48.1 Å². The number of thiocarbonyl (C=S) groups is 2.